The van der Waals surface area contributed by atoms with E-state index in [-0.39, 0.29) is 5.91 Å². The maximum Gasteiger partial charge on any atom is 0.251 e. The maximum atomic E-state index is 12.9. The molecule has 1 amide bonds. The molecule has 0 saturated carbocycles. The highest BCUT2D eigenvalue weighted by molar-refractivity contribution is 6.18. The number of hydrogen-bond donors (Lipinski definition) is 1. The average Bonchev–Trinajstić information content (AvgIpc) is 2.29. The van der Waals surface area contributed by atoms with E-state index < -0.39 is 11.4 Å². The molecule has 1 rings (SSSR count). The summed E-state index contributed by atoms with van der Waals surface area (Å²) in [6.07, 6.45) is 0.720. The van der Waals surface area contributed by atoms with Gasteiger partial charge in [0.05, 0.1) is 5.54 Å². The second-order valence-electron chi connectivity index (χ2n) is 4.01. The van der Waals surface area contributed by atoms with E-state index in [9.17, 15) is 9.18 Å². The van der Waals surface area contributed by atoms with Crippen LogP contribution in [0.2, 0.25) is 0 Å². The van der Waals surface area contributed by atoms with Crippen LogP contribution in [0.15, 0.2) is 24.3 Å². The van der Waals surface area contributed by atoms with Crippen molar-refractivity contribution >= 4 is 17.5 Å². The zero-order valence-corrected chi connectivity index (χ0v) is 10.1. The molecule has 0 aliphatic rings. The van der Waals surface area contributed by atoms with Crippen molar-refractivity contribution in [3.8, 4) is 0 Å². The Balaban J connectivity index is 2.80. The van der Waals surface area contributed by atoms with E-state index >= 15 is 0 Å². The van der Waals surface area contributed by atoms with Crippen molar-refractivity contribution in [2.45, 2.75) is 25.8 Å². The van der Waals surface area contributed by atoms with Crippen LogP contribution >= 0.6 is 11.6 Å². The molecule has 0 aromatic heterocycles. The van der Waals surface area contributed by atoms with Crippen LogP contribution in [0.5, 0.6) is 0 Å². The van der Waals surface area contributed by atoms with Crippen molar-refractivity contribution in [1.82, 2.24) is 5.32 Å². The predicted octanol–water partition coefficient (Wildman–Crippen LogP) is 2.96. The van der Waals surface area contributed by atoms with Crippen molar-refractivity contribution < 1.29 is 9.18 Å². The number of benzene rings is 1. The topological polar surface area (TPSA) is 29.1 Å². The molecule has 88 valence electrons. The van der Waals surface area contributed by atoms with Crippen LogP contribution < -0.4 is 5.32 Å². The van der Waals surface area contributed by atoms with Gasteiger partial charge in [0.1, 0.15) is 5.82 Å². The van der Waals surface area contributed by atoms with Crippen LogP contribution in [0.3, 0.4) is 0 Å². The third kappa shape index (κ3) is 3.20. The monoisotopic (exact) mass is 243 g/mol. The lowest BCUT2D eigenvalue weighted by Crippen LogP contribution is -2.47. The van der Waals surface area contributed by atoms with E-state index in [1.807, 2.05) is 13.8 Å². The molecule has 4 heteroatoms. The van der Waals surface area contributed by atoms with Crippen molar-refractivity contribution in [3.05, 3.63) is 35.6 Å². The van der Waals surface area contributed by atoms with Gasteiger partial charge in [-0.2, -0.15) is 0 Å². The number of carbonyl (C=O) groups is 1. The normalized spacial score (nSPS) is 14.2. The van der Waals surface area contributed by atoms with Crippen molar-refractivity contribution in [1.29, 1.82) is 0 Å². The molecule has 1 unspecified atom stereocenters. The molecule has 1 aromatic carbocycles. The molecule has 0 bridgehead atoms. The van der Waals surface area contributed by atoms with Crippen LogP contribution in [0, 0.1) is 5.82 Å². The zero-order valence-electron chi connectivity index (χ0n) is 9.39. The van der Waals surface area contributed by atoms with Crippen LogP contribution in [0.1, 0.15) is 30.6 Å². The molecule has 1 aromatic rings. The summed E-state index contributed by atoms with van der Waals surface area (Å²) in [6, 6.07) is 5.59. The Bertz CT molecular complexity index is 377. The highest BCUT2D eigenvalue weighted by Crippen LogP contribution is 2.13. The summed E-state index contributed by atoms with van der Waals surface area (Å²) in [7, 11) is 0. The fraction of sp³-hybridized carbons (Fsp3) is 0.417. The standard InChI is InChI=1S/C12H15ClFNO/c1-3-12(2,8-13)15-11(16)9-5-4-6-10(14)7-9/h4-7H,3,8H2,1-2H3,(H,15,16). The first-order valence-corrected chi connectivity index (χ1v) is 5.68. The smallest absolute Gasteiger partial charge is 0.251 e. The first kappa shape index (κ1) is 13.0. The zero-order chi connectivity index (χ0) is 12.2. The molecule has 0 aliphatic heterocycles. The first-order chi connectivity index (χ1) is 7.50. The number of alkyl halides is 1. The highest BCUT2D eigenvalue weighted by Gasteiger charge is 2.23. The lowest BCUT2D eigenvalue weighted by molar-refractivity contribution is 0.0912. The van der Waals surface area contributed by atoms with E-state index in [1.54, 1.807) is 6.07 Å². The summed E-state index contributed by atoms with van der Waals surface area (Å²) >= 11 is 5.78. The quantitative estimate of drug-likeness (QED) is 0.810. The Hall–Kier alpha value is -1.09. The second-order valence-corrected chi connectivity index (χ2v) is 4.28. The number of nitrogens with one attached hydrogen (secondary N) is 1. The molecule has 0 spiro atoms. The fourth-order valence-corrected chi connectivity index (χ4v) is 1.45. The van der Waals surface area contributed by atoms with Gasteiger partial charge in [-0.1, -0.05) is 13.0 Å². The van der Waals surface area contributed by atoms with Crippen LogP contribution in [-0.4, -0.2) is 17.3 Å². The lowest BCUT2D eigenvalue weighted by Gasteiger charge is -2.27. The molecule has 1 N–H and O–H groups in total. The largest absolute Gasteiger partial charge is 0.346 e. The Morgan fingerprint density at radius 2 is 2.25 bits per heavy atom. The van der Waals surface area contributed by atoms with Gasteiger partial charge in [0, 0.05) is 11.4 Å². The van der Waals surface area contributed by atoms with Crippen molar-refractivity contribution in [3.63, 3.8) is 0 Å². The second kappa shape index (κ2) is 5.30. The number of carbonyl (C=O) groups excluding carboxylic acids is 1. The van der Waals surface area contributed by atoms with Gasteiger partial charge >= 0.3 is 0 Å². The van der Waals surface area contributed by atoms with E-state index in [1.165, 1.54) is 18.2 Å². The number of halogens is 2. The Labute approximate surface area is 99.8 Å². The molecular weight excluding hydrogens is 229 g/mol. The molecule has 0 heterocycles. The minimum absolute atomic E-state index is 0.301. The van der Waals surface area contributed by atoms with Gasteiger partial charge in [0.15, 0.2) is 0 Å². The fourth-order valence-electron chi connectivity index (χ4n) is 1.19. The van der Waals surface area contributed by atoms with Crippen LogP contribution in [-0.2, 0) is 0 Å². The van der Waals surface area contributed by atoms with Gasteiger partial charge in [-0.3, -0.25) is 4.79 Å². The van der Waals surface area contributed by atoms with Gasteiger partial charge in [0.2, 0.25) is 0 Å². The van der Waals surface area contributed by atoms with E-state index in [0.29, 0.717) is 11.4 Å². The van der Waals surface area contributed by atoms with Gasteiger partial charge < -0.3 is 5.32 Å². The summed E-state index contributed by atoms with van der Waals surface area (Å²) in [4.78, 5) is 11.8. The van der Waals surface area contributed by atoms with Crippen molar-refractivity contribution in [2.24, 2.45) is 0 Å². The molecule has 2 nitrogen and oxygen atoms in total. The Kier molecular flexibility index (Phi) is 4.30. The van der Waals surface area contributed by atoms with Gasteiger partial charge in [-0.05, 0) is 31.5 Å². The van der Waals surface area contributed by atoms with E-state index in [2.05, 4.69) is 5.32 Å². The van der Waals surface area contributed by atoms with Gasteiger partial charge in [-0.25, -0.2) is 4.39 Å². The Morgan fingerprint density at radius 1 is 1.56 bits per heavy atom. The molecule has 0 saturated heterocycles. The average molecular weight is 244 g/mol. The van der Waals surface area contributed by atoms with Gasteiger partial charge in [-0.15, -0.1) is 11.6 Å². The summed E-state index contributed by atoms with van der Waals surface area (Å²) in [5.41, 5.74) is -0.143. The van der Waals surface area contributed by atoms with Crippen LogP contribution in [0.4, 0.5) is 4.39 Å². The first-order valence-electron chi connectivity index (χ1n) is 5.15. The molecular formula is C12H15ClFNO. The van der Waals surface area contributed by atoms with Crippen molar-refractivity contribution in [2.75, 3.05) is 5.88 Å². The summed E-state index contributed by atoms with van der Waals surface area (Å²) in [5.74, 6) is -0.397. The summed E-state index contributed by atoms with van der Waals surface area (Å²) < 4.78 is 12.9. The third-order valence-corrected chi connectivity index (χ3v) is 3.17. The lowest BCUT2D eigenvalue weighted by atomic mass is 10.0. The molecule has 16 heavy (non-hydrogen) atoms. The van der Waals surface area contributed by atoms with Gasteiger partial charge in [0.25, 0.3) is 5.91 Å². The van der Waals surface area contributed by atoms with Crippen LogP contribution in [0.25, 0.3) is 0 Å². The number of rotatable bonds is 4. The molecule has 0 radical (unpaired) electrons. The van der Waals surface area contributed by atoms with E-state index in [4.69, 9.17) is 11.6 Å². The Morgan fingerprint density at radius 3 is 2.75 bits per heavy atom. The SMILES string of the molecule is CCC(C)(CCl)NC(=O)c1cccc(F)c1. The predicted molar refractivity (Wildman–Crippen MR) is 63.3 cm³/mol. The molecule has 0 aliphatic carbocycles. The minimum atomic E-state index is -0.453. The number of hydrogen-bond acceptors (Lipinski definition) is 1. The molecule has 0 fully saturated rings. The highest BCUT2D eigenvalue weighted by atomic mass is 35.5. The minimum Gasteiger partial charge on any atom is -0.346 e. The maximum absolute atomic E-state index is 12.9. The van der Waals surface area contributed by atoms with E-state index in [0.717, 1.165) is 6.42 Å². The summed E-state index contributed by atoms with van der Waals surface area (Å²) in [5, 5.41) is 2.80. The molecule has 1 atom stereocenters. The summed E-state index contributed by atoms with van der Waals surface area (Å²) in [6.45, 7) is 3.80. The third-order valence-electron chi connectivity index (χ3n) is 2.58. The number of amides is 1.